The highest BCUT2D eigenvalue weighted by Gasteiger charge is 2.19. The Hall–Kier alpha value is -2.73. The first-order valence-corrected chi connectivity index (χ1v) is 11.1. The number of hydrogen-bond donors (Lipinski definition) is 2. The van der Waals surface area contributed by atoms with Gasteiger partial charge in [-0.1, -0.05) is 29.0 Å². The second-order valence-corrected chi connectivity index (χ2v) is 9.07. The standard InChI is InChI=1S/C18H17ClN4O5S2/c1-27-14-7-6-13(9-15(14)28-2)30(25,26)20-10-16-22-23-18(29-16)17(24)21-12-5-3-4-11(19)8-12/h3-9,20H,10H2,1-2H3,(H,21,24). The van der Waals surface area contributed by atoms with E-state index in [0.717, 1.165) is 11.3 Å². The first-order valence-electron chi connectivity index (χ1n) is 8.43. The third-order valence-corrected chi connectivity index (χ3v) is 6.38. The Bertz CT molecular complexity index is 1170. The zero-order valence-corrected chi connectivity index (χ0v) is 18.3. The third-order valence-electron chi connectivity index (χ3n) is 3.82. The number of halogens is 1. The van der Waals surface area contributed by atoms with E-state index in [-0.39, 0.29) is 22.2 Å². The van der Waals surface area contributed by atoms with Gasteiger partial charge in [-0.25, -0.2) is 13.1 Å². The topological polar surface area (TPSA) is 120 Å². The Morgan fingerprint density at radius 1 is 1.10 bits per heavy atom. The molecule has 0 saturated carbocycles. The predicted molar refractivity (Wildman–Crippen MR) is 113 cm³/mol. The van der Waals surface area contributed by atoms with Gasteiger partial charge >= 0.3 is 0 Å². The minimum atomic E-state index is -3.84. The van der Waals surface area contributed by atoms with Gasteiger partial charge in [-0.05, 0) is 30.3 Å². The fraction of sp³-hybridized carbons (Fsp3) is 0.167. The van der Waals surface area contributed by atoms with Crippen LogP contribution in [0.3, 0.4) is 0 Å². The van der Waals surface area contributed by atoms with Crippen LogP contribution >= 0.6 is 22.9 Å². The van der Waals surface area contributed by atoms with E-state index in [9.17, 15) is 13.2 Å². The van der Waals surface area contributed by atoms with Crippen LogP contribution in [0, 0.1) is 0 Å². The summed E-state index contributed by atoms with van der Waals surface area (Å²) in [4.78, 5) is 12.3. The Kier molecular flexibility index (Phi) is 6.87. The Balaban J connectivity index is 1.66. The summed E-state index contributed by atoms with van der Waals surface area (Å²) in [5.74, 6) is 0.232. The number of ether oxygens (including phenoxy) is 2. The van der Waals surface area contributed by atoms with Gasteiger partial charge in [0.25, 0.3) is 5.91 Å². The summed E-state index contributed by atoms with van der Waals surface area (Å²) in [5.41, 5.74) is 0.512. The van der Waals surface area contributed by atoms with Crippen molar-refractivity contribution in [3.05, 3.63) is 57.5 Å². The van der Waals surface area contributed by atoms with Crippen molar-refractivity contribution < 1.29 is 22.7 Å². The lowest BCUT2D eigenvalue weighted by Gasteiger charge is -2.10. The van der Waals surface area contributed by atoms with Gasteiger partial charge in [0, 0.05) is 16.8 Å². The number of rotatable bonds is 8. The van der Waals surface area contributed by atoms with Crippen molar-refractivity contribution in [1.29, 1.82) is 0 Å². The number of nitrogens with one attached hydrogen (secondary N) is 2. The molecule has 0 bridgehead atoms. The van der Waals surface area contributed by atoms with E-state index in [0.29, 0.717) is 21.5 Å². The summed E-state index contributed by atoms with van der Waals surface area (Å²) in [6.07, 6.45) is 0. The van der Waals surface area contributed by atoms with Crippen molar-refractivity contribution in [3.63, 3.8) is 0 Å². The van der Waals surface area contributed by atoms with E-state index < -0.39 is 15.9 Å². The number of hydrogen-bond acceptors (Lipinski definition) is 8. The van der Waals surface area contributed by atoms with Crippen molar-refractivity contribution in [2.75, 3.05) is 19.5 Å². The van der Waals surface area contributed by atoms with E-state index in [1.807, 2.05) is 0 Å². The molecule has 9 nitrogen and oxygen atoms in total. The van der Waals surface area contributed by atoms with Crippen LogP contribution in [0.25, 0.3) is 0 Å². The summed E-state index contributed by atoms with van der Waals surface area (Å²) in [6.45, 7) is -0.126. The quantitative estimate of drug-likeness (QED) is 0.521. The molecule has 1 heterocycles. The molecule has 1 amide bonds. The molecule has 30 heavy (non-hydrogen) atoms. The average molecular weight is 469 g/mol. The van der Waals surface area contributed by atoms with Crippen LogP contribution in [-0.4, -0.2) is 38.7 Å². The minimum Gasteiger partial charge on any atom is -0.493 e. The van der Waals surface area contributed by atoms with Crippen LogP contribution in [0.2, 0.25) is 5.02 Å². The Morgan fingerprint density at radius 3 is 2.57 bits per heavy atom. The molecule has 2 N–H and O–H groups in total. The van der Waals surface area contributed by atoms with Gasteiger partial charge in [-0.3, -0.25) is 4.79 Å². The van der Waals surface area contributed by atoms with Gasteiger partial charge in [0.15, 0.2) is 11.5 Å². The van der Waals surface area contributed by atoms with E-state index in [4.69, 9.17) is 21.1 Å². The molecule has 0 unspecified atom stereocenters. The molecular formula is C18H17ClN4O5S2. The van der Waals surface area contributed by atoms with Crippen molar-refractivity contribution in [2.45, 2.75) is 11.4 Å². The summed E-state index contributed by atoms with van der Waals surface area (Å²) in [5, 5.41) is 11.2. The molecule has 0 spiro atoms. The Morgan fingerprint density at radius 2 is 1.87 bits per heavy atom. The van der Waals surface area contributed by atoms with E-state index in [1.165, 1.54) is 32.4 Å². The van der Waals surface area contributed by atoms with Gasteiger partial charge in [0.2, 0.25) is 15.0 Å². The van der Waals surface area contributed by atoms with Crippen molar-refractivity contribution in [3.8, 4) is 11.5 Å². The number of sulfonamides is 1. The maximum absolute atomic E-state index is 12.5. The highest BCUT2D eigenvalue weighted by molar-refractivity contribution is 7.89. The van der Waals surface area contributed by atoms with Crippen LogP contribution in [0.1, 0.15) is 14.8 Å². The largest absolute Gasteiger partial charge is 0.493 e. The van der Waals surface area contributed by atoms with Crippen LogP contribution in [0.4, 0.5) is 5.69 Å². The number of amides is 1. The number of anilines is 1. The lowest BCUT2D eigenvalue weighted by atomic mass is 10.3. The number of aromatic nitrogens is 2. The molecule has 0 saturated heterocycles. The first-order chi connectivity index (χ1) is 14.3. The molecular weight excluding hydrogens is 452 g/mol. The fourth-order valence-electron chi connectivity index (χ4n) is 2.39. The second-order valence-electron chi connectivity index (χ2n) is 5.81. The number of benzene rings is 2. The molecule has 0 atom stereocenters. The monoisotopic (exact) mass is 468 g/mol. The molecule has 158 valence electrons. The molecule has 12 heteroatoms. The minimum absolute atomic E-state index is 0.00332. The highest BCUT2D eigenvalue weighted by atomic mass is 35.5. The number of nitrogens with zero attached hydrogens (tertiary/aromatic N) is 2. The van der Waals surface area contributed by atoms with Gasteiger partial charge in [0.05, 0.1) is 25.7 Å². The number of carbonyl (C=O) groups excluding carboxylic acids is 1. The normalized spacial score (nSPS) is 11.2. The van der Waals surface area contributed by atoms with Crippen molar-refractivity contribution in [1.82, 2.24) is 14.9 Å². The van der Waals surface area contributed by atoms with Crippen molar-refractivity contribution in [2.24, 2.45) is 0 Å². The van der Waals surface area contributed by atoms with E-state index >= 15 is 0 Å². The zero-order valence-electron chi connectivity index (χ0n) is 15.9. The molecule has 2 aromatic carbocycles. The summed E-state index contributed by atoms with van der Waals surface area (Å²) >= 11 is 6.87. The van der Waals surface area contributed by atoms with E-state index in [1.54, 1.807) is 24.3 Å². The zero-order chi connectivity index (χ0) is 21.7. The first kappa shape index (κ1) is 22.0. The molecule has 3 aromatic rings. The van der Waals surface area contributed by atoms with Gasteiger partial charge < -0.3 is 14.8 Å². The highest BCUT2D eigenvalue weighted by Crippen LogP contribution is 2.29. The maximum Gasteiger partial charge on any atom is 0.286 e. The van der Waals surface area contributed by atoms with Crippen molar-refractivity contribution >= 4 is 44.6 Å². The van der Waals surface area contributed by atoms with Crippen LogP contribution in [0.15, 0.2) is 47.4 Å². The molecule has 0 aliphatic rings. The predicted octanol–water partition coefficient (Wildman–Crippen LogP) is 2.94. The van der Waals surface area contributed by atoms with Crippen LogP contribution in [-0.2, 0) is 16.6 Å². The van der Waals surface area contributed by atoms with Gasteiger partial charge in [0.1, 0.15) is 5.01 Å². The van der Waals surface area contributed by atoms with E-state index in [2.05, 4.69) is 20.2 Å². The summed E-state index contributed by atoms with van der Waals surface area (Å²) in [7, 11) is -0.968. The molecule has 0 fully saturated rings. The molecule has 0 aliphatic carbocycles. The smallest absolute Gasteiger partial charge is 0.286 e. The van der Waals surface area contributed by atoms with Gasteiger partial charge in [-0.2, -0.15) is 0 Å². The SMILES string of the molecule is COc1ccc(S(=O)(=O)NCc2nnc(C(=O)Nc3cccc(Cl)c3)s2)cc1OC. The summed E-state index contributed by atoms with van der Waals surface area (Å²) in [6, 6.07) is 10.9. The maximum atomic E-state index is 12.5. The number of methoxy groups -OCH3 is 2. The average Bonchev–Trinajstić information content (AvgIpc) is 3.21. The Labute approximate surface area is 182 Å². The fourth-order valence-corrected chi connectivity index (χ4v) is 4.35. The lowest BCUT2D eigenvalue weighted by molar-refractivity contribution is 0.102. The molecule has 3 rings (SSSR count). The lowest BCUT2D eigenvalue weighted by Crippen LogP contribution is -2.23. The summed E-state index contributed by atoms with van der Waals surface area (Å²) < 4.78 is 37.7. The van der Waals surface area contributed by atoms with Crippen LogP contribution < -0.4 is 19.5 Å². The molecule has 0 aliphatic heterocycles. The second kappa shape index (κ2) is 9.39. The third kappa shape index (κ3) is 5.25. The van der Waals surface area contributed by atoms with Crippen LogP contribution in [0.5, 0.6) is 11.5 Å². The molecule has 0 radical (unpaired) electrons. The number of carbonyl (C=O) groups is 1. The van der Waals surface area contributed by atoms with Gasteiger partial charge in [-0.15, -0.1) is 10.2 Å². The molecule has 1 aromatic heterocycles.